The Bertz CT molecular complexity index is 292. The molecule has 15 heavy (non-hydrogen) atoms. The van der Waals surface area contributed by atoms with E-state index < -0.39 is 0 Å². The zero-order valence-corrected chi connectivity index (χ0v) is 10.1. The summed E-state index contributed by atoms with van der Waals surface area (Å²) in [4.78, 5) is 1.37. The molecular weight excluding hydrogens is 206 g/mol. The van der Waals surface area contributed by atoms with Crippen LogP contribution in [0.25, 0.3) is 0 Å². The van der Waals surface area contributed by atoms with Gasteiger partial charge in [0, 0.05) is 22.8 Å². The van der Waals surface area contributed by atoms with Crippen molar-refractivity contribution >= 4 is 11.3 Å². The van der Waals surface area contributed by atoms with Crippen LogP contribution in [0, 0.1) is 0 Å². The Balaban J connectivity index is 1.76. The molecule has 2 rings (SSSR count). The molecule has 0 atom stereocenters. The van der Waals surface area contributed by atoms with Crippen LogP contribution in [0.4, 0.5) is 0 Å². The fourth-order valence-electron chi connectivity index (χ4n) is 2.11. The molecule has 2 nitrogen and oxygen atoms in total. The van der Waals surface area contributed by atoms with Crippen LogP contribution in [0.3, 0.4) is 0 Å². The summed E-state index contributed by atoms with van der Waals surface area (Å²) in [5, 5.41) is 5.70. The molecule has 1 aromatic heterocycles. The monoisotopic (exact) mass is 225 g/mol. The standard InChI is InChI=1S/C12H19NOS/c1-14-11-7-12(15-9-11)8-13-10-5-3-2-4-6-10/h7,9-10,13H,2-6,8H2,1H3. The lowest BCUT2D eigenvalue weighted by atomic mass is 9.95. The highest BCUT2D eigenvalue weighted by atomic mass is 32.1. The van der Waals surface area contributed by atoms with Crippen LogP contribution >= 0.6 is 11.3 Å². The molecule has 0 amide bonds. The van der Waals surface area contributed by atoms with Gasteiger partial charge in [-0.2, -0.15) is 0 Å². The highest BCUT2D eigenvalue weighted by molar-refractivity contribution is 7.10. The van der Waals surface area contributed by atoms with Crippen LogP contribution in [-0.4, -0.2) is 13.2 Å². The summed E-state index contributed by atoms with van der Waals surface area (Å²) in [5.74, 6) is 0.987. The smallest absolute Gasteiger partial charge is 0.129 e. The molecule has 0 spiro atoms. The summed E-state index contributed by atoms with van der Waals surface area (Å²) in [5.41, 5.74) is 0. The number of thiophene rings is 1. The van der Waals surface area contributed by atoms with E-state index in [-0.39, 0.29) is 0 Å². The molecular formula is C12H19NOS. The second-order valence-corrected chi connectivity index (χ2v) is 5.16. The molecule has 1 aromatic rings. The minimum Gasteiger partial charge on any atom is -0.496 e. The van der Waals surface area contributed by atoms with E-state index in [0.29, 0.717) is 0 Å². The number of nitrogens with one attached hydrogen (secondary N) is 1. The fraction of sp³-hybridized carbons (Fsp3) is 0.667. The number of ether oxygens (including phenoxy) is 1. The fourth-order valence-corrected chi connectivity index (χ4v) is 2.89. The minimum atomic E-state index is 0.742. The topological polar surface area (TPSA) is 21.3 Å². The summed E-state index contributed by atoms with van der Waals surface area (Å²) < 4.78 is 5.17. The molecule has 0 aromatic carbocycles. The molecule has 0 radical (unpaired) electrons. The van der Waals surface area contributed by atoms with Gasteiger partial charge in [0.1, 0.15) is 5.75 Å². The third-order valence-electron chi connectivity index (χ3n) is 3.04. The van der Waals surface area contributed by atoms with Crippen LogP contribution in [0.15, 0.2) is 11.4 Å². The highest BCUT2D eigenvalue weighted by Crippen LogP contribution is 2.22. The van der Waals surface area contributed by atoms with Crippen molar-refractivity contribution in [1.82, 2.24) is 5.32 Å². The van der Waals surface area contributed by atoms with Crippen molar-refractivity contribution in [2.45, 2.75) is 44.7 Å². The predicted molar refractivity (Wildman–Crippen MR) is 64.6 cm³/mol. The SMILES string of the molecule is COc1csc(CNC2CCCCC2)c1. The first-order valence-corrected chi connectivity index (χ1v) is 6.61. The van der Waals surface area contributed by atoms with Crippen molar-refractivity contribution in [2.75, 3.05) is 7.11 Å². The first kappa shape index (κ1) is 11.0. The number of methoxy groups -OCH3 is 1. The Labute approximate surface area is 95.6 Å². The molecule has 1 aliphatic rings. The molecule has 1 fully saturated rings. The lowest BCUT2D eigenvalue weighted by molar-refractivity contribution is 0.373. The maximum atomic E-state index is 5.17. The van der Waals surface area contributed by atoms with Crippen molar-refractivity contribution in [1.29, 1.82) is 0 Å². The van der Waals surface area contributed by atoms with E-state index in [0.717, 1.165) is 18.3 Å². The summed E-state index contributed by atoms with van der Waals surface area (Å²) in [6.45, 7) is 0.999. The average molecular weight is 225 g/mol. The number of hydrogen-bond donors (Lipinski definition) is 1. The van der Waals surface area contributed by atoms with E-state index in [1.54, 1.807) is 18.4 Å². The highest BCUT2D eigenvalue weighted by Gasteiger charge is 2.12. The zero-order chi connectivity index (χ0) is 10.5. The van der Waals surface area contributed by atoms with Gasteiger partial charge in [-0.1, -0.05) is 19.3 Å². The van der Waals surface area contributed by atoms with Crippen molar-refractivity contribution in [2.24, 2.45) is 0 Å². The average Bonchev–Trinajstić information content (AvgIpc) is 2.76. The molecule has 0 unspecified atom stereocenters. The maximum Gasteiger partial charge on any atom is 0.129 e. The van der Waals surface area contributed by atoms with Gasteiger partial charge in [-0.05, 0) is 18.9 Å². The zero-order valence-electron chi connectivity index (χ0n) is 9.29. The number of hydrogen-bond acceptors (Lipinski definition) is 3. The van der Waals surface area contributed by atoms with Gasteiger partial charge in [0.15, 0.2) is 0 Å². The summed E-state index contributed by atoms with van der Waals surface area (Å²) in [7, 11) is 1.72. The first-order valence-electron chi connectivity index (χ1n) is 5.73. The first-order chi connectivity index (χ1) is 7.38. The van der Waals surface area contributed by atoms with Crippen molar-refractivity contribution in [3.05, 3.63) is 16.3 Å². The maximum absolute atomic E-state index is 5.17. The predicted octanol–water partition coefficient (Wildman–Crippen LogP) is 3.18. The van der Waals surface area contributed by atoms with E-state index in [1.807, 2.05) is 0 Å². The Hall–Kier alpha value is -0.540. The molecule has 3 heteroatoms. The summed E-state index contributed by atoms with van der Waals surface area (Å²) in [6, 6.07) is 2.87. The third-order valence-corrected chi connectivity index (χ3v) is 3.95. The lowest BCUT2D eigenvalue weighted by Crippen LogP contribution is -2.30. The largest absolute Gasteiger partial charge is 0.496 e. The third kappa shape index (κ3) is 3.21. The Morgan fingerprint density at radius 3 is 2.87 bits per heavy atom. The molecule has 1 aliphatic carbocycles. The second-order valence-electron chi connectivity index (χ2n) is 4.17. The van der Waals surface area contributed by atoms with Crippen LogP contribution in [-0.2, 0) is 6.54 Å². The second kappa shape index (κ2) is 5.52. The van der Waals surface area contributed by atoms with Crippen molar-refractivity contribution in [3.8, 4) is 5.75 Å². The van der Waals surface area contributed by atoms with Gasteiger partial charge >= 0.3 is 0 Å². The van der Waals surface area contributed by atoms with Gasteiger partial charge in [-0.15, -0.1) is 11.3 Å². The summed E-state index contributed by atoms with van der Waals surface area (Å²) >= 11 is 1.78. The molecule has 0 bridgehead atoms. The van der Waals surface area contributed by atoms with Crippen molar-refractivity contribution < 1.29 is 4.74 Å². The lowest BCUT2D eigenvalue weighted by Gasteiger charge is -2.22. The molecule has 84 valence electrons. The van der Waals surface area contributed by atoms with Crippen LogP contribution in [0.2, 0.25) is 0 Å². The van der Waals surface area contributed by atoms with Gasteiger partial charge < -0.3 is 10.1 Å². The summed E-state index contributed by atoms with van der Waals surface area (Å²) in [6.07, 6.45) is 6.91. The Kier molecular flexibility index (Phi) is 4.03. The van der Waals surface area contributed by atoms with E-state index in [2.05, 4.69) is 16.8 Å². The Morgan fingerprint density at radius 2 is 2.20 bits per heavy atom. The van der Waals surface area contributed by atoms with E-state index in [4.69, 9.17) is 4.74 Å². The van der Waals surface area contributed by atoms with E-state index in [1.165, 1.54) is 37.0 Å². The normalized spacial score (nSPS) is 17.9. The molecule has 0 saturated heterocycles. The van der Waals surface area contributed by atoms with E-state index >= 15 is 0 Å². The van der Waals surface area contributed by atoms with Crippen molar-refractivity contribution in [3.63, 3.8) is 0 Å². The Morgan fingerprint density at radius 1 is 1.40 bits per heavy atom. The van der Waals surface area contributed by atoms with Gasteiger partial charge in [-0.3, -0.25) is 0 Å². The van der Waals surface area contributed by atoms with Crippen LogP contribution in [0.1, 0.15) is 37.0 Å². The molecule has 1 N–H and O–H groups in total. The van der Waals surface area contributed by atoms with Crippen LogP contribution in [0.5, 0.6) is 5.75 Å². The molecule has 1 heterocycles. The molecule has 0 aliphatic heterocycles. The quantitative estimate of drug-likeness (QED) is 0.849. The van der Waals surface area contributed by atoms with Gasteiger partial charge in [0.05, 0.1) is 7.11 Å². The van der Waals surface area contributed by atoms with Gasteiger partial charge in [0.2, 0.25) is 0 Å². The minimum absolute atomic E-state index is 0.742. The van der Waals surface area contributed by atoms with E-state index in [9.17, 15) is 0 Å². The number of rotatable bonds is 4. The van der Waals surface area contributed by atoms with Gasteiger partial charge in [-0.25, -0.2) is 0 Å². The molecule has 1 saturated carbocycles. The van der Waals surface area contributed by atoms with Gasteiger partial charge in [0.25, 0.3) is 0 Å². The van der Waals surface area contributed by atoms with Crippen LogP contribution < -0.4 is 10.1 Å².